The fourth-order valence-corrected chi connectivity index (χ4v) is 3.19. The molecule has 25 heavy (non-hydrogen) atoms. The van der Waals surface area contributed by atoms with Gasteiger partial charge in [0.25, 0.3) is 0 Å². The highest BCUT2D eigenvalue weighted by Gasteiger charge is 2.18. The van der Waals surface area contributed by atoms with Crippen molar-refractivity contribution in [2.45, 2.75) is 39.5 Å². The second kappa shape index (κ2) is 10.2. The minimum absolute atomic E-state index is 0.645. The standard InChI is InChI=1S/C20H33N3O2/c1-5-25-19-15-17(8-9-18(19)24-4)7-6-12-22-20(21-3)23-13-10-16(2)11-14-23/h8-9,15-16H,5-7,10-14H2,1-4H3,(H,21,22). The zero-order valence-electron chi connectivity index (χ0n) is 16.2. The molecule has 1 aromatic rings. The van der Waals surface area contributed by atoms with Crippen molar-refractivity contribution in [3.05, 3.63) is 23.8 Å². The van der Waals surface area contributed by atoms with Crippen molar-refractivity contribution in [2.24, 2.45) is 10.9 Å². The summed E-state index contributed by atoms with van der Waals surface area (Å²) in [5, 5.41) is 3.51. The van der Waals surface area contributed by atoms with Crippen molar-refractivity contribution >= 4 is 5.96 Å². The van der Waals surface area contributed by atoms with E-state index in [1.807, 2.05) is 20.0 Å². The van der Waals surface area contributed by atoms with Crippen LogP contribution in [0, 0.1) is 5.92 Å². The van der Waals surface area contributed by atoms with Gasteiger partial charge in [0, 0.05) is 26.7 Å². The van der Waals surface area contributed by atoms with Crippen LogP contribution in [0.3, 0.4) is 0 Å². The van der Waals surface area contributed by atoms with Crippen molar-refractivity contribution in [1.82, 2.24) is 10.2 Å². The molecule has 1 heterocycles. The first-order chi connectivity index (χ1) is 12.2. The average molecular weight is 348 g/mol. The first kappa shape index (κ1) is 19.4. The zero-order chi connectivity index (χ0) is 18.1. The topological polar surface area (TPSA) is 46.1 Å². The summed E-state index contributed by atoms with van der Waals surface area (Å²) in [5.41, 5.74) is 1.27. The predicted octanol–water partition coefficient (Wildman–Crippen LogP) is 3.33. The van der Waals surface area contributed by atoms with E-state index in [2.05, 4.69) is 34.3 Å². The lowest BCUT2D eigenvalue weighted by molar-refractivity contribution is 0.273. The van der Waals surface area contributed by atoms with Gasteiger partial charge in [-0.1, -0.05) is 13.0 Å². The van der Waals surface area contributed by atoms with E-state index in [1.54, 1.807) is 7.11 Å². The minimum atomic E-state index is 0.645. The van der Waals surface area contributed by atoms with Crippen LogP contribution in [0.15, 0.2) is 23.2 Å². The van der Waals surface area contributed by atoms with Gasteiger partial charge in [0.2, 0.25) is 0 Å². The number of rotatable bonds is 7. The molecule has 0 atom stereocenters. The van der Waals surface area contributed by atoms with E-state index < -0.39 is 0 Å². The molecule has 1 aromatic carbocycles. The van der Waals surface area contributed by atoms with Crippen LogP contribution in [0.5, 0.6) is 11.5 Å². The summed E-state index contributed by atoms with van der Waals surface area (Å²) >= 11 is 0. The van der Waals surface area contributed by atoms with Crippen molar-refractivity contribution in [3.63, 3.8) is 0 Å². The molecule has 0 saturated carbocycles. The Morgan fingerprint density at radius 2 is 2.04 bits per heavy atom. The summed E-state index contributed by atoms with van der Waals surface area (Å²) in [6, 6.07) is 6.19. The van der Waals surface area contributed by atoms with Gasteiger partial charge in [-0.2, -0.15) is 0 Å². The highest BCUT2D eigenvalue weighted by atomic mass is 16.5. The van der Waals surface area contributed by atoms with E-state index >= 15 is 0 Å². The van der Waals surface area contributed by atoms with Crippen molar-refractivity contribution < 1.29 is 9.47 Å². The van der Waals surface area contributed by atoms with Crippen LogP contribution in [0.2, 0.25) is 0 Å². The first-order valence-corrected chi connectivity index (χ1v) is 9.43. The van der Waals surface area contributed by atoms with E-state index in [0.717, 1.165) is 55.9 Å². The predicted molar refractivity (Wildman–Crippen MR) is 104 cm³/mol. The average Bonchev–Trinajstić information content (AvgIpc) is 2.63. The zero-order valence-corrected chi connectivity index (χ0v) is 16.2. The molecule has 1 aliphatic heterocycles. The van der Waals surface area contributed by atoms with E-state index in [0.29, 0.717) is 6.61 Å². The lowest BCUT2D eigenvalue weighted by Crippen LogP contribution is -2.45. The van der Waals surface area contributed by atoms with Crippen LogP contribution >= 0.6 is 0 Å². The summed E-state index contributed by atoms with van der Waals surface area (Å²) < 4.78 is 11.0. The largest absolute Gasteiger partial charge is 0.493 e. The maximum absolute atomic E-state index is 5.65. The summed E-state index contributed by atoms with van der Waals surface area (Å²) in [6.07, 6.45) is 4.58. The number of hydrogen-bond donors (Lipinski definition) is 1. The van der Waals surface area contributed by atoms with Crippen LogP contribution in [-0.2, 0) is 6.42 Å². The summed E-state index contributed by atoms with van der Waals surface area (Å²) in [4.78, 5) is 6.81. The lowest BCUT2D eigenvalue weighted by Gasteiger charge is -2.32. The van der Waals surface area contributed by atoms with Crippen molar-refractivity contribution in [2.75, 3.05) is 40.4 Å². The molecule has 0 unspecified atom stereocenters. The third-order valence-corrected chi connectivity index (χ3v) is 4.75. The Balaban J connectivity index is 1.79. The van der Waals surface area contributed by atoms with Crippen molar-refractivity contribution in [3.8, 4) is 11.5 Å². The number of hydrogen-bond acceptors (Lipinski definition) is 3. The SMILES string of the molecule is CCOc1cc(CCCNC(=NC)N2CCC(C)CC2)ccc1OC. The Morgan fingerprint density at radius 1 is 1.28 bits per heavy atom. The summed E-state index contributed by atoms with van der Waals surface area (Å²) in [7, 11) is 3.55. The van der Waals surface area contributed by atoms with Gasteiger partial charge < -0.3 is 19.7 Å². The van der Waals surface area contributed by atoms with Gasteiger partial charge in [-0.25, -0.2) is 0 Å². The van der Waals surface area contributed by atoms with Crippen LogP contribution in [0.1, 0.15) is 38.7 Å². The number of likely N-dealkylation sites (tertiary alicyclic amines) is 1. The third-order valence-electron chi connectivity index (χ3n) is 4.75. The van der Waals surface area contributed by atoms with Gasteiger partial charge in [0.05, 0.1) is 13.7 Å². The number of nitrogens with one attached hydrogen (secondary N) is 1. The molecule has 5 heteroatoms. The number of benzene rings is 1. The number of aliphatic imine (C=N–C) groups is 1. The maximum atomic E-state index is 5.65. The molecule has 1 fully saturated rings. The van der Waals surface area contributed by atoms with Crippen LogP contribution in [0.25, 0.3) is 0 Å². The van der Waals surface area contributed by atoms with Crippen molar-refractivity contribution in [1.29, 1.82) is 0 Å². The lowest BCUT2D eigenvalue weighted by atomic mass is 9.99. The molecule has 1 N–H and O–H groups in total. The molecule has 5 nitrogen and oxygen atoms in total. The smallest absolute Gasteiger partial charge is 0.193 e. The third kappa shape index (κ3) is 5.83. The minimum Gasteiger partial charge on any atom is -0.493 e. The Hall–Kier alpha value is -1.91. The number of piperidine rings is 1. The normalized spacial score (nSPS) is 16.0. The van der Waals surface area contributed by atoms with Gasteiger partial charge >= 0.3 is 0 Å². The molecule has 0 bridgehead atoms. The number of nitrogens with zero attached hydrogens (tertiary/aromatic N) is 2. The van der Waals surface area contributed by atoms with Gasteiger partial charge in [-0.05, 0) is 56.2 Å². The van der Waals surface area contributed by atoms with E-state index in [-0.39, 0.29) is 0 Å². The first-order valence-electron chi connectivity index (χ1n) is 9.43. The Morgan fingerprint density at radius 3 is 2.68 bits per heavy atom. The number of aryl methyl sites for hydroxylation is 1. The molecule has 140 valence electrons. The quantitative estimate of drug-likeness (QED) is 0.467. The number of methoxy groups -OCH3 is 1. The summed E-state index contributed by atoms with van der Waals surface area (Å²) in [6.45, 7) is 8.11. The van der Waals surface area contributed by atoms with Gasteiger partial charge in [-0.15, -0.1) is 0 Å². The second-order valence-electron chi connectivity index (χ2n) is 6.67. The van der Waals surface area contributed by atoms with Crippen LogP contribution in [0.4, 0.5) is 0 Å². The van der Waals surface area contributed by atoms with Crippen LogP contribution in [-0.4, -0.2) is 51.3 Å². The van der Waals surface area contributed by atoms with E-state index in [4.69, 9.17) is 9.47 Å². The Labute approximate surface area is 152 Å². The highest BCUT2D eigenvalue weighted by molar-refractivity contribution is 5.79. The van der Waals surface area contributed by atoms with E-state index in [9.17, 15) is 0 Å². The highest BCUT2D eigenvalue weighted by Crippen LogP contribution is 2.28. The van der Waals surface area contributed by atoms with Gasteiger partial charge in [0.1, 0.15) is 0 Å². The molecular formula is C20H33N3O2. The molecular weight excluding hydrogens is 314 g/mol. The van der Waals surface area contributed by atoms with Gasteiger partial charge in [-0.3, -0.25) is 4.99 Å². The Kier molecular flexibility index (Phi) is 7.89. The molecule has 0 radical (unpaired) electrons. The molecule has 0 spiro atoms. The Bertz CT molecular complexity index is 552. The van der Waals surface area contributed by atoms with E-state index in [1.165, 1.54) is 18.4 Å². The monoisotopic (exact) mass is 347 g/mol. The molecule has 0 aliphatic carbocycles. The molecule has 1 aliphatic rings. The number of guanidine groups is 1. The molecule has 1 saturated heterocycles. The second-order valence-corrected chi connectivity index (χ2v) is 6.67. The fraction of sp³-hybridized carbons (Fsp3) is 0.650. The van der Waals surface area contributed by atoms with Crippen LogP contribution < -0.4 is 14.8 Å². The summed E-state index contributed by atoms with van der Waals surface area (Å²) in [5.74, 6) is 3.50. The number of ether oxygens (including phenoxy) is 2. The fourth-order valence-electron chi connectivity index (χ4n) is 3.19. The molecule has 0 aromatic heterocycles. The molecule has 0 amide bonds. The van der Waals surface area contributed by atoms with Gasteiger partial charge in [0.15, 0.2) is 17.5 Å². The maximum Gasteiger partial charge on any atom is 0.193 e. The molecule has 2 rings (SSSR count).